The maximum absolute atomic E-state index is 11.7. The molecule has 0 amide bonds. The summed E-state index contributed by atoms with van der Waals surface area (Å²) in [4.78, 5) is 0. The lowest BCUT2D eigenvalue weighted by atomic mass is 9.98. The summed E-state index contributed by atoms with van der Waals surface area (Å²) in [5.41, 5.74) is 0.533. The third kappa shape index (κ3) is 3.49. The summed E-state index contributed by atoms with van der Waals surface area (Å²) in [6.45, 7) is 5.44. The van der Waals surface area contributed by atoms with Gasteiger partial charge in [-0.05, 0) is 54.4 Å². The molecule has 1 atom stereocenters. The van der Waals surface area contributed by atoms with Crippen LogP contribution in [0.2, 0.25) is 0 Å². The summed E-state index contributed by atoms with van der Waals surface area (Å²) in [6.07, 6.45) is 0.0225. The normalized spacial score (nSPS) is 14.2. The van der Waals surface area contributed by atoms with E-state index >= 15 is 0 Å². The Kier molecular flexibility index (Phi) is 5.03. The molecule has 0 radical (unpaired) electrons. The van der Waals surface area contributed by atoms with E-state index < -0.39 is 20.7 Å². The lowest BCUT2D eigenvalue weighted by Gasteiger charge is -2.29. The number of rotatable bonds is 5. The summed E-state index contributed by atoms with van der Waals surface area (Å²) in [7, 11) is -3.38. The minimum absolute atomic E-state index is 0.533. The Bertz CT molecular complexity index is 552. The van der Waals surface area contributed by atoms with Crippen molar-refractivity contribution in [3.8, 4) is 5.75 Å². The molecule has 0 aliphatic rings. The van der Waals surface area contributed by atoms with E-state index in [1.807, 2.05) is 6.92 Å². The highest BCUT2D eigenvalue weighted by atomic mass is 79.9. The molecule has 1 unspecified atom stereocenters. The molecule has 6 heteroatoms. The highest BCUT2D eigenvalue weighted by molar-refractivity contribution is 9.10. The van der Waals surface area contributed by atoms with Gasteiger partial charge in [0.2, 0.25) is 0 Å². The van der Waals surface area contributed by atoms with Crippen LogP contribution in [0.1, 0.15) is 32.4 Å². The Labute approximate surface area is 122 Å². The highest BCUT2D eigenvalue weighted by Gasteiger charge is 2.39. The topological polar surface area (TPSA) is 63.6 Å². The van der Waals surface area contributed by atoms with Crippen LogP contribution in [0.25, 0.3) is 0 Å². The van der Waals surface area contributed by atoms with Gasteiger partial charge in [0.05, 0.1) is 21.9 Å². The van der Waals surface area contributed by atoms with Gasteiger partial charge in [0.1, 0.15) is 5.75 Å². The number of aliphatic hydroxyl groups excluding tert-OH is 1. The Morgan fingerprint density at radius 3 is 2.42 bits per heavy atom. The van der Waals surface area contributed by atoms with Crippen molar-refractivity contribution in [3.05, 3.63) is 28.2 Å². The van der Waals surface area contributed by atoms with Gasteiger partial charge >= 0.3 is 0 Å². The number of hydrogen-bond acceptors (Lipinski definition) is 4. The number of sulfone groups is 1. The Hall–Kier alpha value is -0.590. The van der Waals surface area contributed by atoms with Crippen molar-refractivity contribution in [2.24, 2.45) is 0 Å². The summed E-state index contributed by atoms with van der Waals surface area (Å²) in [6, 6.07) is 5.07. The molecule has 1 aromatic rings. The second kappa shape index (κ2) is 5.81. The lowest BCUT2D eigenvalue weighted by molar-refractivity contribution is 0.139. The van der Waals surface area contributed by atoms with E-state index in [4.69, 9.17) is 4.74 Å². The maximum Gasteiger partial charge on any atom is 0.155 e. The Morgan fingerprint density at radius 1 is 1.42 bits per heavy atom. The first kappa shape index (κ1) is 16.5. The van der Waals surface area contributed by atoms with Gasteiger partial charge in [0.15, 0.2) is 9.84 Å². The zero-order valence-electron chi connectivity index (χ0n) is 11.5. The molecule has 1 N–H and O–H groups in total. The van der Waals surface area contributed by atoms with Crippen molar-refractivity contribution in [1.29, 1.82) is 0 Å². The monoisotopic (exact) mass is 350 g/mol. The van der Waals surface area contributed by atoms with E-state index in [1.165, 1.54) is 13.8 Å². The van der Waals surface area contributed by atoms with Crippen LogP contribution in [0.4, 0.5) is 0 Å². The van der Waals surface area contributed by atoms with Crippen LogP contribution in [0.3, 0.4) is 0 Å². The molecule has 0 heterocycles. The van der Waals surface area contributed by atoms with Crippen molar-refractivity contribution in [2.45, 2.75) is 31.6 Å². The van der Waals surface area contributed by atoms with E-state index in [-0.39, 0.29) is 0 Å². The number of hydrogen-bond donors (Lipinski definition) is 1. The van der Waals surface area contributed by atoms with Crippen molar-refractivity contribution in [3.63, 3.8) is 0 Å². The van der Waals surface area contributed by atoms with Crippen LogP contribution < -0.4 is 4.74 Å². The minimum atomic E-state index is -3.38. The number of halogens is 1. The van der Waals surface area contributed by atoms with Crippen molar-refractivity contribution in [1.82, 2.24) is 0 Å². The van der Waals surface area contributed by atoms with Crippen molar-refractivity contribution < 1.29 is 18.3 Å². The van der Waals surface area contributed by atoms with E-state index in [0.717, 1.165) is 6.26 Å². The van der Waals surface area contributed by atoms with E-state index in [2.05, 4.69) is 15.9 Å². The Morgan fingerprint density at radius 2 is 2.00 bits per heavy atom. The van der Waals surface area contributed by atoms with Gasteiger partial charge in [-0.2, -0.15) is 0 Å². The lowest BCUT2D eigenvalue weighted by Crippen LogP contribution is -2.37. The average molecular weight is 351 g/mol. The van der Waals surface area contributed by atoms with Crippen LogP contribution in [0.5, 0.6) is 5.75 Å². The van der Waals surface area contributed by atoms with Crippen LogP contribution in [-0.2, 0) is 9.84 Å². The van der Waals surface area contributed by atoms with Gasteiger partial charge < -0.3 is 9.84 Å². The highest BCUT2D eigenvalue weighted by Crippen LogP contribution is 2.35. The fraction of sp³-hybridized carbons (Fsp3) is 0.538. The number of benzene rings is 1. The number of aliphatic hydroxyl groups is 1. The zero-order valence-corrected chi connectivity index (χ0v) is 13.9. The zero-order chi connectivity index (χ0) is 14.8. The second-order valence-electron chi connectivity index (χ2n) is 4.90. The van der Waals surface area contributed by atoms with Gasteiger partial charge in [-0.1, -0.05) is 6.07 Å². The molecular formula is C13H19BrO4S. The Balaban J connectivity index is 3.15. The molecule has 19 heavy (non-hydrogen) atoms. The molecule has 0 saturated carbocycles. The molecule has 0 aromatic heterocycles. The molecule has 0 bridgehead atoms. The molecular weight excluding hydrogens is 332 g/mol. The number of ether oxygens (including phenoxy) is 1. The van der Waals surface area contributed by atoms with Gasteiger partial charge in [-0.25, -0.2) is 8.42 Å². The summed E-state index contributed by atoms with van der Waals surface area (Å²) in [5.74, 6) is 0.663. The standard InChI is InChI=1S/C13H19BrO4S/c1-5-18-11-7-6-9(8-10(11)14)12(15)13(2,3)19(4,16)17/h6-8,12,15H,5H2,1-4H3. The molecule has 1 aromatic carbocycles. The SMILES string of the molecule is CCOc1ccc(C(O)C(C)(C)S(C)(=O)=O)cc1Br. The molecule has 1 rings (SSSR count). The first-order valence-electron chi connectivity index (χ1n) is 5.91. The first-order chi connectivity index (χ1) is 8.61. The fourth-order valence-electron chi connectivity index (χ4n) is 1.56. The average Bonchev–Trinajstić information content (AvgIpc) is 2.29. The molecule has 0 spiro atoms. The van der Waals surface area contributed by atoms with Crippen LogP contribution >= 0.6 is 15.9 Å². The van der Waals surface area contributed by atoms with Gasteiger partial charge in [-0.3, -0.25) is 0 Å². The predicted octanol–water partition coefficient (Wildman–Crippen LogP) is 2.70. The van der Waals surface area contributed by atoms with Crippen molar-refractivity contribution >= 4 is 25.8 Å². The molecule has 0 aliphatic heterocycles. The maximum atomic E-state index is 11.7. The van der Waals surface area contributed by atoms with Crippen LogP contribution in [-0.4, -0.2) is 31.1 Å². The van der Waals surface area contributed by atoms with E-state index in [0.29, 0.717) is 22.4 Å². The second-order valence-corrected chi connectivity index (χ2v) is 8.35. The van der Waals surface area contributed by atoms with Gasteiger partial charge in [0, 0.05) is 6.26 Å². The molecule has 0 fully saturated rings. The van der Waals surface area contributed by atoms with Crippen molar-refractivity contribution in [2.75, 3.05) is 12.9 Å². The minimum Gasteiger partial charge on any atom is -0.493 e. The third-order valence-electron chi connectivity index (χ3n) is 3.19. The van der Waals surface area contributed by atoms with E-state index in [9.17, 15) is 13.5 Å². The first-order valence-corrected chi connectivity index (χ1v) is 8.59. The molecule has 0 aliphatic carbocycles. The van der Waals surface area contributed by atoms with Crippen LogP contribution in [0, 0.1) is 0 Å². The summed E-state index contributed by atoms with van der Waals surface area (Å²) in [5, 5.41) is 10.3. The predicted molar refractivity (Wildman–Crippen MR) is 79.2 cm³/mol. The summed E-state index contributed by atoms with van der Waals surface area (Å²) >= 11 is 3.35. The van der Waals surface area contributed by atoms with Gasteiger partial charge in [0.25, 0.3) is 0 Å². The van der Waals surface area contributed by atoms with Gasteiger partial charge in [-0.15, -0.1) is 0 Å². The third-order valence-corrected chi connectivity index (χ3v) is 5.94. The van der Waals surface area contributed by atoms with E-state index in [1.54, 1.807) is 18.2 Å². The molecule has 4 nitrogen and oxygen atoms in total. The largest absolute Gasteiger partial charge is 0.493 e. The van der Waals surface area contributed by atoms with Crippen LogP contribution in [0.15, 0.2) is 22.7 Å². The summed E-state index contributed by atoms with van der Waals surface area (Å²) < 4.78 is 28.3. The molecule has 0 saturated heterocycles. The molecule has 108 valence electrons. The smallest absolute Gasteiger partial charge is 0.155 e. The fourth-order valence-corrected chi connectivity index (χ4v) is 2.62. The quantitative estimate of drug-likeness (QED) is 0.886.